The first-order valence-corrected chi connectivity index (χ1v) is 6.69. The van der Waals surface area contributed by atoms with E-state index in [2.05, 4.69) is 22.4 Å². The van der Waals surface area contributed by atoms with Gasteiger partial charge in [-0.15, -0.1) is 0 Å². The first-order valence-electron chi connectivity index (χ1n) is 6.69. The Kier molecular flexibility index (Phi) is 5.85. The monoisotopic (exact) mass is 252 g/mol. The molecule has 0 aliphatic rings. The molecule has 0 fully saturated rings. The van der Waals surface area contributed by atoms with E-state index in [1.165, 1.54) is 0 Å². The summed E-state index contributed by atoms with van der Waals surface area (Å²) in [6, 6.07) is 1.39. The second-order valence-corrected chi connectivity index (χ2v) is 4.78. The number of rotatable bonds is 7. The van der Waals surface area contributed by atoms with Crippen LogP contribution >= 0.6 is 0 Å². The average Bonchev–Trinajstić information content (AvgIpc) is 2.81. The minimum absolute atomic E-state index is 0.169. The van der Waals surface area contributed by atoms with Crippen LogP contribution in [0.4, 0.5) is 5.82 Å². The Morgan fingerprint density at radius 3 is 2.89 bits per heavy atom. The third-order valence-electron chi connectivity index (χ3n) is 3.24. The van der Waals surface area contributed by atoms with Crippen molar-refractivity contribution in [3.8, 4) is 0 Å². The van der Waals surface area contributed by atoms with E-state index in [4.69, 9.17) is 5.73 Å². The summed E-state index contributed by atoms with van der Waals surface area (Å²) in [6.45, 7) is 6.14. The molecular weight excluding hydrogens is 228 g/mol. The van der Waals surface area contributed by atoms with Gasteiger partial charge in [-0.1, -0.05) is 33.6 Å². The quantitative estimate of drug-likeness (QED) is 0.694. The third kappa shape index (κ3) is 4.14. The molecule has 0 radical (unpaired) electrons. The summed E-state index contributed by atoms with van der Waals surface area (Å²) in [6.07, 6.45) is 4.09. The van der Waals surface area contributed by atoms with Gasteiger partial charge in [0.1, 0.15) is 0 Å². The van der Waals surface area contributed by atoms with Crippen LogP contribution in [0, 0.1) is 5.92 Å². The van der Waals surface area contributed by atoms with Crippen LogP contribution in [-0.2, 0) is 11.2 Å². The zero-order valence-electron chi connectivity index (χ0n) is 11.5. The van der Waals surface area contributed by atoms with E-state index in [-0.39, 0.29) is 11.8 Å². The van der Waals surface area contributed by atoms with Crippen LogP contribution in [0.25, 0.3) is 0 Å². The van der Waals surface area contributed by atoms with Gasteiger partial charge < -0.3 is 11.1 Å². The van der Waals surface area contributed by atoms with Gasteiger partial charge in [-0.2, -0.15) is 5.10 Å². The maximum atomic E-state index is 11.8. The summed E-state index contributed by atoms with van der Waals surface area (Å²) >= 11 is 0. The number of H-pyrrole nitrogens is 1. The molecule has 2 unspecified atom stereocenters. The fourth-order valence-electron chi connectivity index (χ4n) is 1.64. The van der Waals surface area contributed by atoms with Crippen molar-refractivity contribution in [2.75, 3.05) is 5.32 Å². The highest BCUT2D eigenvalue weighted by Crippen LogP contribution is 2.11. The summed E-state index contributed by atoms with van der Waals surface area (Å²) in [5, 5.41) is 9.73. The topological polar surface area (TPSA) is 83.8 Å². The molecule has 1 heterocycles. The number of aromatic amines is 1. The van der Waals surface area contributed by atoms with E-state index < -0.39 is 6.04 Å². The summed E-state index contributed by atoms with van der Waals surface area (Å²) in [5.74, 6) is 0.561. The molecule has 5 heteroatoms. The lowest BCUT2D eigenvalue weighted by Crippen LogP contribution is -2.40. The minimum Gasteiger partial charge on any atom is -0.320 e. The van der Waals surface area contributed by atoms with Crippen LogP contribution in [0.1, 0.15) is 45.7 Å². The highest BCUT2D eigenvalue weighted by Gasteiger charge is 2.20. The Hall–Kier alpha value is -1.36. The van der Waals surface area contributed by atoms with E-state index >= 15 is 0 Å². The molecule has 1 aromatic heterocycles. The second kappa shape index (κ2) is 7.16. The van der Waals surface area contributed by atoms with Crippen molar-refractivity contribution in [3.05, 3.63) is 11.8 Å². The van der Waals surface area contributed by atoms with Crippen LogP contribution in [0.3, 0.4) is 0 Å². The molecule has 5 nitrogen and oxygen atoms in total. The SMILES string of the molecule is CCCCc1cc(NC(=O)C(N)C(C)CC)n[nH]1. The van der Waals surface area contributed by atoms with Crippen LogP contribution < -0.4 is 11.1 Å². The van der Waals surface area contributed by atoms with Gasteiger partial charge in [0.2, 0.25) is 5.91 Å². The molecule has 0 saturated heterocycles. The van der Waals surface area contributed by atoms with Gasteiger partial charge in [-0.25, -0.2) is 0 Å². The van der Waals surface area contributed by atoms with E-state index in [1.54, 1.807) is 0 Å². The number of hydrogen-bond acceptors (Lipinski definition) is 3. The molecular formula is C13H24N4O. The number of amides is 1. The molecule has 1 amide bonds. The standard InChI is InChI=1S/C13H24N4O/c1-4-6-7-10-8-11(17-16-10)15-13(18)12(14)9(3)5-2/h8-9,12H,4-7,14H2,1-3H3,(H2,15,16,17,18). The molecule has 0 bridgehead atoms. The van der Waals surface area contributed by atoms with Crippen molar-refractivity contribution < 1.29 is 4.79 Å². The van der Waals surface area contributed by atoms with Gasteiger partial charge >= 0.3 is 0 Å². The van der Waals surface area contributed by atoms with Gasteiger partial charge in [0, 0.05) is 11.8 Å². The molecule has 0 aliphatic heterocycles. The molecule has 102 valence electrons. The van der Waals surface area contributed by atoms with Crippen LogP contribution in [0.2, 0.25) is 0 Å². The van der Waals surface area contributed by atoms with Gasteiger partial charge in [0.25, 0.3) is 0 Å². The Morgan fingerprint density at radius 2 is 2.28 bits per heavy atom. The molecule has 18 heavy (non-hydrogen) atoms. The predicted octanol–water partition coefficient (Wildman–Crippen LogP) is 2.06. The Balaban J connectivity index is 2.51. The van der Waals surface area contributed by atoms with E-state index in [0.717, 1.165) is 31.4 Å². The number of carbonyl (C=O) groups is 1. The normalized spacial score (nSPS) is 14.2. The van der Waals surface area contributed by atoms with Crippen molar-refractivity contribution in [1.29, 1.82) is 0 Å². The third-order valence-corrected chi connectivity index (χ3v) is 3.24. The molecule has 4 N–H and O–H groups in total. The van der Waals surface area contributed by atoms with E-state index in [1.807, 2.05) is 19.9 Å². The van der Waals surface area contributed by atoms with Crippen molar-refractivity contribution in [2.24, 2.45) is 11.7 Å². The highest BCUT2D eigenvalue weighted by atomic mass is 16.2. The Bertz CT molecular complexity index is 375. The summed E-state index contributed by atoms with van der Waals surface area (Å²) < 4.78 is 0. The lowest BCUT2D eigenvalue weighted by atomic mass is 9.99. The number of carbonyl (C=O) groups excluding carboxylic acids is 1. The van der Waals surface area contributed by atoms with E-state index in [9.17, 15) is 4.79 Å². The number of aromatic nitrogens is 2. The van der Waals surface area contributed by atoms with Crippen LogP contribution in [0.15, 0.2) is 6.07 Å². The maximum absolute atomic E-state index is 11.8. The summed E-state index contributed by atoms with van der Waals surface area (Å²) in [5.41, 5.74) is 6.90. The average molecular weight is 252 g/mol. The van der Waals surface area contributed by atoms with Crippen molar-refractivity contribution in [1.82, 2.24) is 10.2 Å². The van der Waals surface area contributed by atoms with Crippen molar-refractivity contribution >= 4 is 11.7 Å². The molecule has 0 saturated carbocycles. The van der Waals surface area contributed by atoms with Crippen molar-refractivity contribution in [2.45, 2.75) is 52.5 Å². The minimum atomic E-state index is -0.481. The number of unbranched alkanes of at least 4 members (excludes halogenated alkanes) is 1. The highest BCUT2D eigenvalue weighted by molar-refractivity contribution is 5.94. The molecule has 2 atom stereocenters. The zero-order valence-corrected chi connectivity index (χ0v) is 11.5. The maximum Gasteiger partial charge on any atom is 0.242 e. The molecule has 0 spiro atoms. The van der Waals surface area contributed by atoms with Crippen LogP contribution in [0.5, 0.6) is 0 Å². The number of aryl methyl sites for hydroxylation is 1. The number of nitrogens with two attached hydrogens (primary N) is 1. The summed E-state index contributed by atoms with van der Waals surface area (Å²) in [4.78, 5) is 11.8. The summed E-state index contributed by atoms with van der Waals surface area (Å²) in [7, 11) is 0. The Labute approximate surface area is 109 Å². The lowest BCUT2D eigenvalue weighted by molar-refractivity contribution is -0.118. The number of hydrogen-bond donors (Lipinski definition) is 3. The molecule has 0 aromatic carbocycles. The smallest absolute Gasteiger partial charge is 0.242 e. The first kappa shape index (κ1) is 14.7. The second-order valence-electron chi connectivity index (χ2n) is 4.78. The van der Waals surface area contributed by atoms with Gasteiger partial charge in [0.05, 0.1) is 6.04 Å². The van der Waals surface area contributed by atoms with E-state index in [0.29, 0.717) is 5.82 Å². The number of anilines is 1. The number of nitrogens with zero attached hydrogens (tertiary/aromatic N) is 1. The molecule has 1 aromatic rings. The molecule has 0 aliphatic carbocycles. The Morgan fingerprint density at radius 1 is 1.56 bits per heavy atom. The number of nitrogens with one attached hydrogen (secondary N) is 2. The van der Waals surface area contributed by atoms with Crippen molar-refractivity contribution in [3.63, 3.8) is 0 Å². The fourth-order valence-corrected chi connectivity index (χ4v) is 1.64. The largest absolute Gasteiger partial charge is 0.320 e. The fraction of sp³-hybridized carbons (Fsp3) is 0.692. The first-order chi connectivity index (χ1) is 8.58. The predicted molar refractivity (Wildman–Crippen MR) is 73.3 cm³/mol. The molecule has 1 rings (SSSR count). The van der Waals surface area contributed by atoms with Crippen LogP contribution in [-0.4, -0.2) is 22.1 Å². The lowest BCUT2D eigenvalue weighted by Gasteiger charge is -2.16. The zero-order chi connectivity index (χ0) is 13.5. The van der Waals surface area contributed by atoms with Gasteiger partial charge in [-0.05, 0) is 18.8 Å². The van der Waals surface area contributed by atoms with Gasteiger partial charge in [-0.3, -0.25) is 9.89 Å². The van der Waals surface area contributed by atoms with Gasteiger partial charge in [0.15, 0.2) is 5.82 Å².